The summed E-state index contributed by atoms with van der Waals surface area (Å²) in [6, 6.07) is 22.1. The number of anilines is 2. The largest absolute Gasteiger partial charge is 0.467 e. The number of halogens is 3. The lowest BCUT2D eigenvalue weighted by Crippen LogP contribution is -2.20. The molecule has 8 heterocycles. The third-order valence-corrected chi connectivity index (χ3v) is 12.4. The van der Waals surface area contributed by atoms with Crippen molar-refractivity contribution in [2.24, 2.45) is 0 Å². The molecule has 22 heteroatoms. The molecular formula is C45H43ClF2N16OS2. The first-order chi connectivity index (χ1) is 32.8. The molecule has 17 nitrogen and oxygen atoms in total. The summed E-state index contributed by atoms with van der Waals surface area (Å²) in [7, 11) is 1.51. The van der Waals surface area contributed by atoms with Crippen LogP contribution in [-0.4, -0.2) is 93.1 Å². The van der Waals surface area contributed by atoms with Gasteiger partial charge in [-0.2, -0.15) is 15.0 Å². The van der Waals surface area contributed by atoms with Crippen molar-refractivity contribution in [3.63, 3.8) is 0 Å². The zero-order valence-corrected chi connectivity index (χ0v) is 38.4. The van der Waals surface area contributed by atoms with Crippen molar-refractivity contribution < 1.29 is 13.5 Å². The molecule has 6 N–H and O–H groups in total. The van der Waals surface area contributed by atoms with Gasteiger partial charge in [0.15, 0.2) is 21.3 Å². The van der Waals surface area contributed by atoms with Crippen LogP contribution in [0.25, 0.3) is 42.8 Å². The second kappa shape index (κ2) is 21.6. The zero-order valence-electron chi connectivity index (χ0n) is 36.0. The van der Waals surface area contributed by atoms with E-state index in [1.54, 1.807) is 24.5 Å². The van der Waals surface area contributed by atoms with Crippen LogP contribution in [0.3, 0.4) is 0 Å². The minimum Gasteiger partial charge on any atom is -0.467 e. The van der Waals surface area contributed by atoms with Crippen LogP contribution in [0.15, 0.2) is 85.2 Å². The van der Waals surface area contributed by atoms with Crippen molar-refractivity contribution in [2.45, 2.75) is 38.8 Å². The second-order valence-electron chi connectivity index (χ2n) is 14.9. The molecule has 0 aliphatic heterocycles. The van der Waals surface area contributed by atoms with Crippen molar-refractivity contribution in [3.05, 3.63) is 135 Å². The van der Waals surface area contributed by atoms with Crippen molar-refractivity contribution in [1.82, 2.24) is 70.4 Å². The van der Waals surface area contributed by atoms with Crippen LogP contribution in [0.1, 0.15) is 33.1 Å². The van der Waals surface area contributed by atoms with Crippen molar-refractivity contribution in [3.8, 4) is 6.01 Å². The number of pyridine rings is 2. The SMILES string of the molecule is COc1nc(NCc2ncccc2F)c2nc(CCNCCc3nc4ccccc4[nH]3)sc2n1.Fc1cccnc1CNc1nc(Cl)nc2sc(CCNCCc3nc4ccccc4[nH]3)nc12. The number of imidazole rings is 2. The van der Waals surface area contributed by atoms with Gasteiger partial charge < -0.3 is 36.0 Å². The number of H-pyrrole nitrogens is 2. The van der Waals surface area contributed by atoms with E-state index in [0.29, 0.717) is 43.7 Å². The molecule has 67 heavy (non-hydrogen) atoms. The Labute approximate surface area is 394 Å². The number of nitrogens with one attached hydrogen (secondary N) is 6. The second-order valence-corrected chi connectivity index (χ2v) is 17.4. The Morgan fingerprint density at radius 3 is 1.57 bits per heavy atom. The maximum absolute atomic E-state index is 13.9. The standard InChI is InChI=1S/C23H23FN8OS.C22H20ClFN8S/c1-33-23-31-21(27-13-17-14(24)5-4-10-26-17)20-22(32-23)34-19(30-20)9-12-25-11-8-18-28-15-6-2-3-7-16(15)29-18;23-22-31-20(27-12-16-13(24)4-3-9-26-16)19-21(32-22)33-18(30-19)8-11-25-10-7-17-28-14-5-1-2-6-15(14)29-17/h2-7,10,25H,8-9,11-13H2,1H3,(H,28,29)(H,27,31,32);1-6,9,25H,7-8,10-12H2,(H,28,29)(H,27,31,32). The zero-order chi connectivity index (χ0) is 46.0. The number of rotatable bonds is 19. The lowest BCUT2D eigenvalue weighted by Gasteiger charge is -2.07. The molecule has 342 valence electrons. The number of para-hydroxylation sites is 4. The van der Waals surface area contributed by atoms with Crippen molar-refractivity contribution in [2.75, 3.05) is 43.9 Å². The molecule has 0 bridgehead atoms. The predicted molar refractivity (Wildman–Crippen MR) is 258 cm³/mol. The molecule has 8 aromatic heterocycles. The van der Waals surface area contributed by atoms with Gasteiger partial charge in [0.2, 0.25) is 5.28 Å². The van der Waals surface area contributed by atoms with Gasteiger partial charge in [-0.3, -0.25) is 9.97 Å². The van der Waals surface area contributed by atoms with E-state index in [9.17, 15) is 8.78 Å². The molecule has 0 saturated heterocycles. The van der Waals surface area contributed by atoms with E-state index < -0.39 is 0 Å². The summed E-state index contributed by atoms with van der Waals surface area (Å²) in [4.78, 5) is 52.1. The van der Waals surface area contributed by atoms with E-state index in [1.165, 1.54) is 41.9 Å². The molecule has 10 rings (SSSR count). The Hall–Kier alpha value is -6.91. The number of fused-ring (bicyclic) bond motifs is 4. The third kappa shape index (κ3) is 11.6. The molecule has 0 radical (unpaired) electrons. The molecule has 0 aliphatic carbocycles. The Morgan fingerprint density at radius 1 is 0.567 bits per heavy atom. The first-order valence-electron chi connectivity index (χ1n) is 21.3. The summed E-state index contributed by atoms with van der Waals surface area (Å²) in [6.45, 7) is 3.50. The number of benzene rings is 2. The van der Waals surface area contributed by atoms with E-state index in [-0.39, 0.29) is 36.0 Å². The van der Waals surface area contributed by atoms with Gasteiger partial charge in [-0.1, -0.05) is 46.9 Å². The normalized spacial score (nSPS) is 11.4. The minimum absolute atomic E-state index is 0.116. The molecule has 0 saturated carbocycles. The van der Waals surface area contributed by atoms with Crippen molar-refractivity contribution in [1.29, 1.82) is 0 Å². The van der Waals surface area contributed by atoms with E-state index >= 15 is 0 Å². The molecule has 2 aromatic carbocycles. The van der Waals surface area contributed by atoms with Crippen LogP contribution in [0, 0.1) is 11.6 Å². The van der Waals surface area contributed by atoms with Crippen LogP contribution < -0.4 is 26.0 Å². The van der Waals surface area contributed by atoms with E-state index in [2.05, 4.69) is 76.1 Å². The fourth-order valence-corrected chi connectivity index (χ4v) is 9.05. The topological polar surface area (TPSA) is 218 Å². The maximum Gasteiger partial charge on any atom is 0.319 e. The number of thiazole rings is 2. The highest BCUT2D eigenvalue weighted by Crippen LogP contribution is 2.29. The fraction of sp³-hybridized carbons (Fsp3) is 0.244. The Morgan fingerprint density at radius 2 is 1.06 bits per heavy atom. The van der Waals surface area contributed by atoms with Gasteiger partial charge >= 0.3 is 6.01 Å². The monoisotopic (exact) mass is 960 g/mol. The van der Waals surface area contributed by atoms with Crippen LogP contribution in [0.4, 0.5) is 20.4 Å². The number of hydrogen-bond acceptors (Lipinski definition) is 17. The third-order valence-electron chi connectivity index (χ3n) is 10.2. The first kappa shape index (κ1) is 45.3. The lowest BCUT2D eigenvalue weighted by molar-refractivity contribution is 0.382. The van der Waals surface area contributed by atoms with Crippen LogP contribution in [0.5, 0.6) is 6.01 Å². The van der Waals surface area contributed by atoms with E-state index in [1.807, 2.05) is 48.5 Å². The number of aromatic nitrogens is 12. The number of ether oxygens (including phenoxy) is 1. The molecule has 10 aromatic rings. The predicted octanol–water partition coefficient (Wildman–Crippen LogP) is 7.63. The van der Waals surface area contributed by atoms with Crippen molar-refractivity contribution >= 4 is 88.7 Å². The summed E-state index contributed by atoms with van der Waals surface area (Å²) in [6.07, 6.45) is 6.22. The van der Waals surface area contributed by atoms with E-state index in [0.717, 1.165) is 95.6 Å². The van der Waals surface area contributed by atoms with Crippen LogP contribution in [0.2, 0.25) is 5.28 Å². The van der Waals surface area contributed by atoms with Gasteiger partial charge in [-0.25, -0.2) is 33.7 Å². The molecule has 0 atom stereocenters. The van der Waals surface area contributed by atoms with Crippen LogP contribution >= 0.6 is 34.3 Å². The highest BCUT2D eigenvalue weighted by Gasteiger charge is 2.16. The molecular weight excluding hydrogens is 918 g/mol. The summed E-state index contributed by atoms with van der Waals surface area (Å²) < 4.78 is 33.0. The quantitative estimate of drug-likeness (QED) is 0.0339. The Bertz CT molecular complexity index is 3190. The molecule has 0 amide bonds. The Kier molecular flexibility index (Phi) is 14.6. The molecule has 0 spiro atoms. The lowest BCUT2D eigenvalue weighted by atomic mass is 10.3. The Balaban J connectivity index is 0.000000168. The number of nitrogens with zero attached hydrogens (tertiary/aromatic N) is 10. The smallest absolute Gasteiger partial charge is 0.319 e. The average molecular weight is 962 g/mol. The van der Waals surface area contributed by atoms with E-state index in [4.69, 9.17) is 21.3 Å². The highest BCUT2D eigenvalue weighted by molar-refractivity contribution is 7.18. The summed E-state index contributed by atoms with van der Waals surface area (Å²) in [5.74, 6) is 2.14. The highest BCUT2D eigenvalue weighted by atomic mass is 35.5. The molecule has 0 unspecified atom stereocenters. The maximum atomic E-state index is 13.9. The van der Waals surface area contributed by atoms with Crippen LogP contribution in [-0.2, 0) is 38.8 Å². The van der Waals surface area contributed by atoms with Gasteiger partial charge in [0.1, 0.15) is 34.3 Å². The van der Waals surface area contributed by atoms with Gasteiger partial charge in [0.25, 0.3) is 0 Å². The fourth-order valence-electron chi connectivity index (χ4n) is 6.97. The molecule has 0 fully saturated rings. The first-order valence-corrected chi connectivity index (χ1v) is 23.4. The minimum atomic E-state index is -0.380. The van der Waals surface area contributed by atoms with Gasteiger partial charge in [-0.15, -0.1) is 0 Å². The number of hydrogen-bond donors (Lipinski definition) is 6. The number of methoxy groups -OCH3 is 1. The summed E-state index contributed by atoms with van der Waals surface area (Å²) >= 11 is 9.05. The summed E-state index contributed by atoms with van der Waals surface area (Å²) in [5.41, 5.74) is 5.94. The van der Waals surface area contributed by atoms with Gasteiger partial charge in [0.05, 0.1) is 63.7 Å². The molecule has 0 aliphatic rings. The number of aromatic amines is 2. The van der Waals surface area contributed by atoms with Gasteiger partial charge in [0, 0.05) is 64.3 Å². The van der Waals surface area contributed by atoms with Gasteiger partial charge in [-0.05, 0) is 60.1 Å². The summed E-state index contributed by atoms with van der Waals surface area (Å²) in [5, 5.41) is 15.0. The average Bonchev–Trinajstić information content (AvgIpc) is 4.15.